The zero-order valence-electron chi connectivity index (χ0n) is 13.6. The fourth-order valence-corrected chi connectivity index (χ4v) is 2.37. The van der Waals surface area contributed by atoms with Crippen molar-refractivity contribution in [3.8, 4) is 0 Å². The molecule has 7 heteroatoms. The van der Waals surface area contributed by atoms with Gasteiger partial charge in [0.1, 0.15) is 0 Å². The first-order valence-corrected chi connectivity index (χ1v) is 8.33. The number of carbonyl (C=O) groups excluding carboxylic acids is 2. The Morgan fingerprint density at radius 3 is 2.40 bits per heavy atom. The number of aryl methyl sites for hydroxylation is 1. The number of halogens is 2. The van der Waals surface area contributed by atoms with Gasteiger partial charge in [-0.1, -0.05) is 53.0 Å². The quantitative estimate of drug-likeness (QED) is 0.585. The third kappa shape index (κ3) is 6.57. The first kappa shape index (κ1) is 19.0. The van der Waals surface area contributed by atoms with Crippen LogP contribution in [0.4, 0.5) is 5.69 Å². The Bertz CT molecular complexity index is 789. The summed E-state index contributed by atoms with van der Waals surface area (Å²) in [6.07, 6.45) is 1.58. The van der Waals surface area contributed by atoms with Crippen LogP contribution in [0.3, 0.4) is 0 Å². The van der Waals surface area contributed by atoms with Crippen molar-refractivity contribution in [1.82, 2.24) is 5.43 Å². The molecule has 0 unspecified atom stereocenters. The van der Waals surface area contributed by atoms with Crippen molar-refractivity contribution in [3.05, 3.63) is 63.6 Å². The second-order valence-corrected chi connectivity index (χ2v) is 6.22. The Morgan fingerprint density at radius 2 is 1.72 bits per heavy atom. The molecule has 25 heavy (non-hydrogen) atoms. The van der Waals surface area contributed by atoms with E-state index in [2.05, 4.69) is 15.8 Å². The largest absolute Gasteiger partial charge is 0.325 e. The summed E-state index contributed by atoms with van der Waals surface area (Å²) in [6, 6.07) is 12.5. The second kappa shape index (κ2) is 9.20. The van der Waals surface area contributed by atoms with Crippen molar-refractivity contribution in [1.29, 1.82) is 0 Å². The van der Waals surface area contributed by atoms with E-state index in [0.29, 0.717) is 15.7 Å². The van der Waals surface area contributed by atoms with Gasteiger partial charge >= 0.3 is 0 Å². The van der Waals surface area contributed by atoms with Gasteiger partial charge in [0, 0.05) is 17.9 Å². The van der Waals surface area contributed by atoms with Crippen LogP contribution >= 0.6 is 23.2 Å². The summed E-state index contributed by atoms with van der Waals surface area (Å²) in [7, 11) is 0. The van der Waals surface area contributed by atoms with Crippen molar-refractivity contribution in [3.63, 3.8) is 0 Å². The average Bonchev–Trinajstić information content (AvgIpc) is 2.57. The molecule has 0 aliphatic carbocycles. The predicted octanol–water partition coefficient (Wildman–Crippen LogP) is 4.17. The molecule has 2 amide bonds. The molecular formula is C18H17Cl2N3O2. The lowest BCUT2D eigenvalue weighted by atomic mass is 10.2. The first-order chi connectivity index (χ1) is 11.9. The number of benzene rings is 2. The van der Waals surface area contributed by atoms with Crippen LogP contribution in [0, 0.1) is 6.92 Å². The molecule has 0 aromatic heterocycles. The standard InChI is InChI=1S/C18H17Cl2N3O2/c1-12-2-4-13(5-3-12)11-21-23-18(25)9-8-17(24)22-16-7-6-14(19)10-15(16)20/h2-7,10-11H,8-9H2,1H3,(H,22,24)(H,23,25)/b21-11+. The highest BCUT2D eigenvalue weighted by Gasteiger charge is 2.09. The molecule has 2 N–H and O–H groups in total. The summed E-state index contributed by atoms with van der Waals surface area (Å²) in [6.45, 7) is 1.99. The van der Waals surface area contributed by atoms with Crippen molar-refractivity contribution < 1.29 is 9.59 Å². The average molecular weight is 378 g/mol. The fraction of sp³-hybridized carbons (Fsp3) is 0.167. The van der Waals surface area contributed by atoms with Crippen LogP contribution in [-0.2, 0) is 9.59 Å². The third-order valence-corrected chi connectivity index (χ3v) is 3.81. The van der Waals surface area contributed by atoms with E-state index in [-0.39, 0.29) is 24.7 Å². The van der Waals surface area contributed by atoms with Crippen LogP contribution in [0.2, 0.25) is 10.0 Å². The maximum Gasteiger partial charge on any atom is 0.240 e. The van der Waals surface area contributed by atoms with Crippen LogP contribution in [0.5, 0.6) is 0 Å². The van der Waals surface area contributed by atoms with Crippen LogP contribution in [0.15, 0.2) is 47.6 Å². The highest BCUT2D eigenvalue weighted by atomic mass is 35.5. The van der Waals surface area contributed by atoms with Gasteiger partial charge in [-0.25, -0.2) is 5.43 Å². The number of hydrogen-bond acceptors (Lipinski definition) is 3. The molecule has 0 aliphatic rings. The Kier molecular flexibility index (Phi) is 6.98. The molecule has 0 spiro atoms. The molecule has 2 rings (SSSR count). The maximum atomic E-state index is 11.9. The Labute approximate surface area is 156 Å². The van der Waals surface area contributed by atoms with Gasteiger partial charge in [-0.3, -0.25) is 9.59 Å². The monoisotopic (exact) mass is 377 g/mol. The normalized spacial score (nSPS) is 10.7. The highest BCUT2D eigenvalue weighted by molar-refractivity contribution is 6.36. The molecule has 0 atom stereocenters. The fourth-order valence-electron chi connectivity index (χ4n) is 1.92. The molecule has 0 bridgehead atoms. The third-order valence-electron chi connectivity index (χ3n) is 3.26. The van der Waals surface area contributed by atoms with E-state index in [1.54, 1.807) is 18.3 Å². The summed E-state index contributed by atoms with van der Waals surface area (Å²) in [5, 5.41) is 7.32. The van der Waals surface area contributed by atoms with Gasteiger partial charge in [0.2, 0.25) is 11.8 Å². The van der Waals surface area contributed by atoms with Gasteiger partial charge < -0.3 is 5.32 Å². The molecule has 5 nitrogen and oxygen atoms in total. The number of hydrogen-bond donors (Lipinski definition) is 2. The van der Waals surface area contributed by atoms with Crippen LogP contribution in [0.25, 0.3) is 0 Å². The molecule has 0 saturated carbocycles. The van der Waals surface area contributed by atoms with E-state index < -0.39 is 0 Å². The zero-order valence-corrected chi connectivity index (χ0v) is 15.1. The molecule has 2 aromatic carbocycles. The van der Waals surface area contributed by atoms with Gasteiger partial charge in [0.05, 0.1) is 16.9 Å². The van der Waals surface area contributed by atoms with Crippen molar-refractivity contribution in [2.45, 2.75) is 19.8 Å². The first-order valence-electron chi connectivity index (χ1n) is 7.57. The lowest BCUT2D eigenvalue weighted by Crippen LogP contribution is -2.20. The number of anilines is 1. The minimum Gasteiger partial charge on any atom is -0.325 e. The summed E-state index contributed by atoms with van der Waals surface area (Å²) in [5.74, 6) is -0.664. The van der Waals surface area contributed by atoms with Gasteiger partial charge in [0.25, 0.3) is 0 Å². The Balaban J connectivity index is 1.75. The number of rotatable bonds is 6. The molecule has 0 aliphatic heterocycles. The van der Waals surface area contributed by atoms with Crippen LogP contribution in [0.1, 0.15) is 24.0 Å². The predicted molar refractivity (Wildman–Crippen MR) is 101 cm³/mol. The minimum absolute atomic E-state index is 0.0162. The van der Waals surface area contributed by atoms with Gasteiger partial charge in [-0.2, -0.15) is 5.10 Å². The highest BCUT2D eigenvalue weighted by Crippen LogP contribution is 2.25. The smallest absolute Gasteiger partial charge is 0.240 e. The molecule has 0 fully saturated rings. The lowest BCUT2D eigenvalue weighted by Gasteiger charge is -2.07. The number of amides is 2. The zero-order chi connectivity index (χ0) is 18.2. The van der Waals surface area contributed by atoms with E-state index >= 15 is 0 Å². The molecule has 0 radical (unpaired) electrons. The van der Waals surface area contributed by atoms with E-state index in [1.807, 2.05) is 31.2 Å². The van der Waals surface area contributed by atoms with Crippen molar-refractivity contribution in [2.24, 2.45) is 5.10 Å². The minimum atomic E-state index is -0.347. The molecule has 0 saturated heterocycles. The summed E-state index contributed by atoms with van der Waals surface area (Å²) < 4.78 is 0. The Morgan fingerprint density at radius 1 is 1.04 bits per heavy atom. The van der Waals surface area contributed by atoms with E-state index in [0.717, 1.165) is 11.1 Å². The lowest BCUT2D eigenvalue weighted by molar-refractivity contribution is -0.124. The van der Waals surface area contributed by atoms with Gasteiger partial charge in [0.15, 0.2) is 0 Å². The molecule has 2 aromatic rings. The maximum absolute atomic E-state index is 11.9. The summed E-state index contributed by atoms with van der Waals surface area (Å²) in [4.78, 5) is 23.6. The van der Waals surface area contributed by atoms with E-state index in [1.165, 1.54) is 6.07 Å². The van der Waals surface area contributed by atoms with Crippen LogP contribution in [-0.4, -0.2) is 18.0 Å². The number of nitrogens with one attached hydrogen (secondary N) is 2. The topological polar surface area (TPSA) is 70.6 Å². The number of nitrogens with zero attached hydrogens (tertiary/aromatic N) is 1. The van der Waals surface area contributed by atoms with E-state index in [4.69, 9.17) is 23.2 Å². The summed E-state index contributed by atoms with van der Waals surface area (Å²) in [5.41, 5.74) is 4.87. The Hall–Kier alpha value is -2.37. The SMILES string of the molecule is Cc1ccc(/C=N/NC(=O)CCC(=O)Nc2ccc(Cl)cc2Cl)cc1. The van der Waals surface area contributed by atoms with Gasteiger partial charge in [-0.05, 0) is 30.7 Å². The van der Waals surface area contributed by atoms with Crippen molar-refractivity contribution >= 4 is 46.9 Å². The van der Waals surface area contributed by atoms with E-state index in [9.17, 15) is 9.59 Å². The molecular weight excluding hydrogens is 361 g/mol. The summed E-state index contributed by atoms with van der Waals surface area (Å²) >= 11 is 11.8. The van der Waals surface area contributed by atoms with Gasteiger partial charge in [-0.15, -0.1) is 0 Å². The molecule has 130 valence electrons. The second-order valence-electron chi connectivity index (χ2n) is 5.38. The number of carbonyl (C=O) groups is 2. The molecule has 0 heterocycles. The van der Waals surface area contributed by atoms with Crippen molar-refractivity contribution in [2.75, 3.05) is 5.32 Å². The number of hydrazone groups is 1. The van der Waals surface area contributed by atoms with Crippen LogP contribution < -0.4 is 10.7 Å².